The zero-order chi connectivity index (χ0) is 18.8. The maximum Gasteiger partial charge on any atom is 0.257 e. The first-order chi connectivity index (χ1) is 13.1. The van der Waals surface area contributed by atoms with Gasteiger partial charge in [-0.05, 0) is 74.9 Å². The minimum Gasteiger partial charge on any atom is -0.480 e. The van der Waals surface area contributed by atoms with E-state index in [0.717, 1.165) is 54.6 Å². The molecule has 2 aromatic rings. The van der Waals surface area contributed by atoms with Gasteiger partial charge in [0.1, 0.15) is 5.75 Å². The van der Waals surface area contributed by atoms with Gasteiger partial charge in [-0.25, -0.2) is 0 Å². The van der Waals surface area contributed by atoms with E-state index in [1.807, 2.05) is 18.2 Å². The SMILES string of the molecule is CC(C)CCN1CCCCC1c1nnc(C2CCc3cc(Cl)ccc3O2)o1. The molecule has 3 heterocycles. The van der Waals surface area contributed by atoms with Gasteiger partial charge in [-0.1, -0.05) is 31.9 Å². The molecule has 6 heteroatoms. The van der Waals surface area contributed by atoms with Crippen molar-refractivity contribution in [3.8, 4) is 5.75 Å². The number of nitrogens with zero attached hydrogens (tertiary/aromatic N) is 3. The molecular formula is C21H28ClN3O2. The molecule has 0 N–H and O–H groups in total. The van der Waals surface area contributed by atoms with Gasteiger partial charge in [0.2, 0.25) is 5.89 Å². The first kappa shape index (κ1) is 18.8. The Morgan fingerprint density at radius 3 is 2.89 bits per heavy atom. The Bertz CT molecular complexity index is 777. The largest absolute Gasteiger partial charge is 0.480 e. The van der Waals surface area contributed by atoms with Gasteiger partial charge >= 0.3 is 0 Å². The molecule has 1 aromatic carbocycles. The third-order valence-electron chi connectivity index (χ3n) is 5.59. The summed E-state index contributed by atoms with van der Waals surface area (Å²) in [6, 6.07) is 6.00. The summed E-state index contributed by atoms with van der Waals surface area (Å²) in [5, 5.41) is 9.49. The molecule has 1 fully saturated rings. The molecule has 5 nitrogen and oxygen atoms in total. The van der Waals surface area contributed by atoms with E-state index in [-0.39, 0.29) is 12.1 Å². The number of hydrogen-bond acceptors (Lipinski definition) is 5. The highest BCUT2D eigenvalue weighted by Crippen LogP contribution is 2.37. The van der Waals surface area contributed by atoms with Crippen LogP contribution in [0.25, 0.3) is 0 Å². The highest BCUT2D eigenvalue weighted by Gasteiger charge is 2.31. The molecule has 2 aliphatic heterocycles. The van der Waals surface area contributed by atoms with Crippen molar-refractivity contribution >= 4 is 11.6 Å². The second-order valence-electron chi connectivity index (χ2n) is 8.11. The van der Waals surface area contributed by atoms with Gasteiger partial charge in [0.25, 0.3) is 5.89 Å². The first-order valence-electron chi connectivity index (χ1n) is 10.1. The fourth-order valence-electron chi connectivity index (χ4n) is 4.00. The molecule has 4 rings (SSSR count). The van der Waals surface area contributed by atoms with E-state index in [1.54, 1.807) is 0 Å². The molecule has 0 spiro atoms. The van der Waals surface area contributed by atoms with Gasteiger partial charge in [-0.15, -0.1) is 10.2 Å². The number of benzene rings is 1. The van der Waals surface area contributed by atoms with E-state index in [9.17, 15) is 0 Å². The molecule has 2 aliphatic rings. The molecule has 0 bridgehead atoms. The smallest absolute Gasteiger partial charge is 0.257 e. The van der Waals surface area contributed by atoms with Gasteiger partial charge < -0.3 is 9.15 Å². The van der Waals surface area contributed by atoms with Crippen LogP contribution in [-0.2, 0) is 6.42 Å². The number of ether oxygens (including phenoxy) is 1. The first-order valence-corrected chi connectivity index (χ1v) is 10.5. The lowest BCUT2D eigenvalue weighted by Gasteiger charge is -2.33. The average Bonchev–Trinajstić information content (AvgIpc) is 3.16. The van der Waals surface area contributed by atoms with E-state index in [2.05, 4.69) is 28.9 Å². The van der Waals surface area contributed by atoms with Crippen molar-refractivity contribution in [3.63, 3.8) is 0 Å². The van der Waals surface area contributed by atoms with Gasteiger partial charge in [0.05, 0.1) is 6.04 Å². The molecular weight excluding hydrogens is 362 g/mol. The van der Waals surface area contributed by atoms with Gasteiger partial charge in [-0.3, -0.25) is 4.90 Å². The Kier molecular flexibility index (Phi) is 5.69. The Labute approximate surface area is 166 Å². The van der Waals surface area contributed by atoms with Gasteiger partial charge in [0.15, 0.2) is 6.10 Å². The molecule has 2 atom stereocenters. The summed E-state index contributed by atoms with van der Waals surface area (Å²) in [7, 11) is 0. The van der Waals surface area contributed by atoms with Crippen molar-refractivity contribution < 1.29 is 9.15 Å². The van der Waals surface area contributed by atoms with E-state index in [1.165, 1.54) is 19.3 Å². The summed E-state index contributed by atoms with van der Waals surface area (Å²) in [6.45, 7) is 6.75. The lowest BCUT2D eigenvalue weighted by molar-refractivity contribution is 0.107. The summed E-state index contributed by atoms with van der Waals surface area (Å²) >= 11 is 6.08. The van der Waals surface area contributed by atoms with Crippen LogP contribution in [0.15, 0.2) is 22.6 Å². The van der Waals surface area contributed by atoms with E-state index >= 15 is 0 Å². The fourth-order valence-corrected chi connectivity index (χ4v) is 4.20. The molecule has 27 heavy (non-hydrogen) atoms. The number of aryl methyl sites for hydroxylation is 1. The number of fused-ring (bicyclic) bond motifs is 1. The number of hydrogen-bond donors (Lipinski definition) is 0. The second kappa shape index (κ2) is 8.19. The Morgan fingerprint density at radius 2 is 2.04 bits per heavy atom. The molecule has 0 amide bonds. The van der Waals surface area contributed by atoms with Crippen molar-refractivity contribution in [1.29, 1.82) is 0 Å². The van der Waals surface area contributed by atoms with Crippen LogP contribution in [-0.4, -0.2) is 28.2 Å². The summed E-state index contributed by atoms with van der Waals surface area (Å²) in [5.74, 6) is 2.92. The number of rotatable bonds is 5. The minimum atomic E-state index is -0.173. The zero-order valence-corrected chi connectivity index (χ0v) is 16.9. The Balaban J connectivity index is 1.47. The maximum absolute atomic E-state index is 6.12. The summed E-state index contributed by atoms with van der Waals surface area (Å²) in [4.78, 5) is 2.51. The van der Waals surface area contributed by atoms with Crippen LogP contribution in [0.3, 0.4) is 0 Å². The number of likely N-dealkylation sites (tertiary alicyclic amines) is 1. The average molecular weight is 390 g/mol. The molecule has 0 radical (unpaired) electrons. The van der Waals surface area contributed by atoms with Crippen LogP contribution in [0.5, 0.6) is 5.75 Å². The van der Waals surface area contributed by atoms with Crippen molar-refractivity contribution in [2.45, 2.75) is 64.5 Å². The summed E-state index contributed by atoms with van der Waals surface area (Å²) in [6.07, 6.45) is 6.32. The Hall–Kier alpha value is -1.59. The maximum atomic E-state index is 6.12. The minimum absolute atomic E-state index is 0.173. The summed E-state index contributed by atoms with van der Waals surface area (Å²) < 4.78 is 12.2. The topological polar surface area (TPSA) is 51.4 Å². The summed E-state index contributed by atoms with van der Waals surface area (Å²) in [5.41, 5.74) is 1.14. The standard InChI is InChI=1S/C21H28ClN3O2/c1-14(2)10-12-25-11-4-3-5-17(25)20-23-24-21(27-20)19-8-6-15-13-16(22)7-9-18(15)26-19/h7,9,13-14,17,19H,3-6,8,10-12H2,1-2H3. The van der Waals surface area contributed by atoms with E-state index < -0.39 is 0 Å². The molecule has 1 saturated heterocycles. The quantitative estimate of drug-likeness (QED) is 0.688. The third kappa shape index (κ3) is 4.30. The van der Waals surface area contributed by atoms with Gasteiger partial charge in [0, 0.05) is 5.02 Å². The molecule has 146 valence electrons. The zero-order valence-electron chi connectivity index (χ0n) is 16.2. The lowest BCUT2D eigenvalue weighted by atomic mass is 10.0. The molecule has 2 unspecified atom stereocenters. The molecule has 0 saturated carbocycles. The van der Waals surface area contributed by atoms with Crippen LogP contribution < -0.4 is 4.74 Å². The number of aromatic nitrogens is 2. The van der Waals surface area contributed by atoms with Crippen molar-refractivity contribution in [2.75, 3.05) is 13.1 Å². The van der Waals surface area contributed by atoms with E-state index in [4.69, 9.17) is 20.8 Å². The predicted molar refractivity (Wildman–Crippen MR) is 105 cm³/mol. The highest BCUT2D eigenvalue weighted by molar-refractivity contribution is 6.30. The van der Waals surface area contributed by atoms with Crippen molar-refractivity contribution in [2.24, 2.45) is 5.92 Å². The lowest BCUT2D eigenvalue weighted by Crippen LogP contribution is -2.34. The van der Waals surface area contributed by atoms with Crippen LogP contribution in [0, 0.1) is 5.92 Å². The Morgan fingerprint density at radius 1 is 1.19 bits per heavy atom. The van der Waals surface area contributed by atoms with Crippen molar-refractivity contribution in [1.82, 2.24) is 15.1 Å². The fraction of sp³-hybridized carbons (Fsp3) is 0.619. The highest BCUT2D eigenvalue weighted by atomic mass is 35.5. The van der Waals surface area contributed by atoms with E-state index in [0.29, 0.717) is 11.8 Å². The second-order valence-corrected chi connectivity index (χ2v) is 8.54. The van der Waals surface area contributed by atoms with Crippen LogP contribution in [0.2, 0.25) is 5.02 Å². The number of piperidine rings is 1. The predicted octanol–water partition coefficient (Wildman–Crippen LogP) is 5.36. The van der Waals surface area contributed by atoms with Crippen LogP contribution in [0.1, 0.15) is 75.4 Å². The monoisotopic (exact) mass is 389 g/mol. The van der Waals surface area contributed by atoms with Gasteiger partial charge in [-0.2, -0.15) is 0 Å². The van der Waals surface area contributed by atoms with Crippen molar-refractivity contribution in [3.05, 3.63) is 40.6 Å². The molecule has 1 aromatic heterocycles. The van der Waals surface area contributed by atoms with Crippen LogP contribution in [0.4, 0.5) is 0 Å². The number of halogens is 1. The third-order valence-corrected chi connectivity index (χ3v) is 5.83. The molecule has 0 aliphatic carbocycles. The normalized spacial score (nSPS) is 23.3. The van der Waals surface area contributed by atoms with Crippen LogP contribution >= 0.6 is 11.6 Å².